The summed E-state index contributed by atoms with van der Waals surface area (Å²) >= 11 is 0. The maximum atomic E-state index is 13.6. The van der Waals surface area contributed by atoms with Crippen LogP contribution in [0.2, 0.25) is 0 Å². The van der Waals surface area contributed by atoms with Crippen LogP contribution in [0, 0.1) is 6.92 Å². The highest BCUT2D eigenvalue weighted by molar-refractivity contribution is 5.96. The van der Waals surface area contributed by atoms with Crippen molar-refractivity contribution in [1.29, 1.82) is 0 Å². The van der Waals surface area contributed by atoms with Crippen LogP contribution in [0.1, 0.15) is 36.8 Å². The van der Waals surface area contributed by atoms with Gasteiger partial charge in [-0.25, -0.2) is 4.79 Å². The van der Waals surface area contributed by atoms with E-state index in [9.17, 15) is 9.59 Å². The zero-order valence-electron chi connectivity index (χ0n) is 20.4. The van der Waals surface area contributed by atoms with Crippen LogP contribution in [0.5, 0.6) is 5.75 Å². The summed E-state index contributed by atoms with van der Waals surface area (Å²) in [6.45, 7) is 6.68. The summed E-state index contributed by atoms with van der Waals surface area (Å²) in [5.41, 5.74) is 4.12. The Morgan fingerprint density at radius 2 is 1.62 bits per heavy atom. The van der Waals surface area contributed by atoms with Gasteiger partial charge < -0.3 is 14.0 Å². The Labute approximate surface area is 197 Å². The molecule has 176 valence electrons. The first kappa shape index (κ1) is 22.2. The second-order valence-corrected chi connectivity index (χ2v) is 9.64. The van der Waals surface area contributed by atoms with Crippen molar-refractivity contribution in [2.24, 2.45) is 14.1 Å². The smallest absolute Gasteiger partial charge is 0.331 e. The van der Waals surface area contributed by atoms with Gasteiger partial charge in [0, 0.05) is 14.1 Å². The molecule has 4 aromatic rings. The molecule has 0 N–H and O–H groups in total. The zero-order chi connectivity index (χ0) is 24.4. The second kappa shape index (κ2) is 7.74. The van der Waals surface area contributed by atoms with E-state index >= 15 is 0 Å². The third-order valence-corrected chi connectivity index (χ3v) is 6.81. The molecule has 0 bridgehead atoms. The van der Waals surface area contributed by atoms with Crippen LogP contribution in [0.3, 0.4) is 0 Å². The molecule has 3 heterocycles. The Bertz CT molecular complexity index is 1520. The first-order chi connectivity index (χ1) is 16.2. The number of aryl methyl sites for hydroxylation is 2. The lowest BCUT2D eigenvalue weighted by atomic mass is 9.98. The largest absolute Gasteiger partial charge is 0.497 e. The third-order valence-electron chi connectivity index (χ3n) is 6.81. The van der Waals surface area contributed by atoms with Gasteiger partial charge in [0.1, 0.15) is 11.9 Å². The maximum absolute atomic E-state index is 13.6. The number of ether oxygens (including phenoxy) is 2. The van der Waals surface area contributed by atoms with E-state index in [1.54, 1.807) is 18.7 Å². The van der Waals surface area contributed by atoms with E-state index in [1.165, 1.54) is 11.6 Å². The minimum Gasteiger partial charge on any atom is -0.497 e. The van der Waals surface area contributed by atoms with E-state index in [2.05, 4.69) is 18.4 Å². The number of rotatable bonds is 3. The van der Waals surface area contributed by atoms with Crippen molar-refractivity contribution in [1.82, 2.24) is 13.7 Å². The van der Waals surface area contributed by atoms with Gasteiger partial charge in [-0.05, 0) is 44.0 Å². The molecule has 0 spiro atoms. The van der Waals surface area contributed by atoms with Crippen molar-refractivity contribution in [3.63, 3.8) is 0 Å². The van der Waals surface area contributed by atoms with E-state index in [0.29, 0.717) is 17.5 Å². The lowest BCUT2D eigenvalue weighted by Crippen LogP contribution is -2.40. The van der Waals surface area contributed by atoms with Crippen LogP contribution in [-0.2, 0) is 24.4 Å². The van der Waals surface area contributed by atoms with Gasteiger partial charge in [-0.15, -0.1) is 0 Å². The molecule has 1 aliphatic rings. The molecule has 2 aromatic heterocycles. The van der Waals surface area contributed by atoms with E-state index < -0.39 is 11.6 Å². The Morgan fingerprint density at radius 3 is 2.24 bits per heavy atom. The molecule has 0 radical (unpaired) electrons. The summed E-state index contributed by atoms with van der Waals surface area (Å²) in [6, 6.07) is 15.9. The van der Waals surface area contributed by atoms with Crippen molar-refractivity contribution in [2.75, 3.05) is 13.7 Å². The van der Waals surface area contributed by atoms with Gasteiger partial charge in [0.25, 0.3) is 5.56 Å². The predicted molar refractivity (Wildman–Crippen MR) is 133 cm³/mol. The summed E-state index contributed by atoms with van der Waals surface area (Å²) in [5, 5.41) is 0.528. The fourth-order valence-corrected chi connectivity index (χ4v) is 5.01. The number of fused-ring (bicyclic) bond motifs is 3. The minimum absolute atomic E-state index is 0.306. The van der Waals surface area contributed by atoms with Gasteiger partial charge in [-0.1, -0.05) is 42.0 Å². The lowest BCUT2D eigenvalue weighted by molar-refractivity contribution is -0.00708. The standard InChI is InChI=1S/C27H29N3O4/c1-16-7-9-17(10-8-16)21-20-22(28(4)26(32)29(5)25(20)31)23-24(34-15-27(2,3)30(21)23)18-11-13-19(33-6)14-12-18/h7-14,24H,15H2,1-6H3/t24-/m0/s1. The highest BCUT2D eigenvalue weighted by atomic mass is 16.5. The van der Waals surface area contributed by atoms with Crippen molar-refractivity contribution < 1.29 is 9.47 Å². The monoisotopic (exact) mass is 459 g/mol. The van der Waals surface area contributed by atoms with Crippen LogP contribution in [0.15, 0.2) is 58.1 Å². The fourth-order valence-electron chi connectivity index (χ4n) is 5.01. The number of hydrogen-bond donors (Lipinski definition) is 0. The number of hydrogen-bond acceptors (Lipinski definition) is 4. The third kappa shape index (κ3) is 3.15. The minimum atomic E-state index is -0.446. The van der Waals surface area contributed by atoms with E-state index in [0.717, 1.165) is 33.8 Å². The molecule has 1 atom stereocenters. The number of methoxy groups -OCH3 is 1. The summed E-state index contributed by atoms with van der Waals surface area (Å²) in [5.74, 6) is 0.752. The first-order valence-corrected chi connectivity index (χ1v) is 11.3. The fraction of sp³-hybridized carbons (Fsp3) is 0.333. The van der Waals surface area contributed by atoms with Crippen LogP contribution in [-0.4, -0.2) is 27.4 Å². The summed E-state index contributed by atoms with van der Waals surface area (Å²) < 4.78 is 16.7. The van der Waals surface area contributed by atoms with Gasteiger partial charge in [0.15, 0.2) is 0 Å². The molecule has 2 aromatic carbocycles. The topological polar surface area (TPSA) is 67.4 Å². The van der Waals surface area contributed by atoms with Gasteiger partial charge >= 0.3 is 5.69 Å². The maximum Gasteiger partial charge on any atom is 0.331 e. The predicted octanol–water partition coefficient (Wildman–Crippen LogP) is 3.88. The molecule has 0 aliphatic carbocycles. The Morgan fingerprint density at radius 1 is 0.971 bits per heavy atom. The molecule has 0 saturated heterocycles. The van der Waals surface area contributed by atoms with Gasteiger partial charge in [0.05, 0.1) is 41.5 Å². The number of benzene rings is 2. The lowest BCUT2D eigenvalue weighted by Gasteiger charge is -2.39. The molecule has 1 aliphatic heterocycles. The van der Waals surface area contributed by atoms with Crippen LogP contribution < -0.4 is 16.0 Å². The zero-order valence-corrected chi connectivity index (χ0v) is 20.4. The molecule has 7 nitrogen and oxygen atoms in total. The SMILES string of the molecule is COc1ccc([C@@H]2OCC(C)(C)n3c(-c4ccc(C)cc4)c4c(=O)n(C)c(=O)n(C)c4c32)cc1. The van der Waals surface area contributed by atoms with Crippen molar-refractivity contribution >= 4 is 10.9 Å². The van der Waals surface area contributed by atoms with Crippen molar-refractivity contribution in [2.45, 2.75) is 32.4 Å². The summed E-state index contributed by atoms with van der Waals surface area (Å²) in [6.07, 6.45) is -0.446. The van der Waals surface area contributed by atoms with E-state index in [4.69, 9.17) is 9.47 Å². The second-order valence-electron chi connectivity index (χ2n) is 9.64. The first-order valence-electron chi connectivity index (χ1n) is 11.3. The van der Waals surface area contributed by atoms with Crippen LogP contribution >= 0.6 is 0 Å². The normalized spacial score (nSPS) is 17.1. The Hall–Kier alpha value is -3.58. The highest BCUT2D eigenvalue weighted by Crippen LogP contribution is 2.45. The molecule has 5 rings (SSSR count). The van der Waals surface area contributed by atoms with Gasteiger partial charge in [-0.3, -0.25) is 13.9 Å². The molecular weight excluding hydrogens is 430 g/mol. The highest BCUT2D eigenvalue weighted by Gasteiger charge is 2.40. The van der Waals surface area contributed by atoms with E-state index in [1.807, 2.05) is 55.5 Å². The van der Waals surface area contributed by atoms with Gasteiger partial charge in [-0.2, -0.15) is 0 Å². The van der Waals surface area contributed by atoms with Crippen LogP contribution in [0.4, 0.5) is 0 Å². The van der Waals surface area contributed by atoms with Crippen molar-refractivity contribution in [3.8, 4) is 17.0 Å². The summed E-state index contributed by atoms with van der Waals surface area (Å²) in [4.78, 5) is 26.6. The molecular formula is C27H29N3O4. The van der Waals surface area contributed by atoms with E-state index in [-0.39, 0.29) is 11.2 Å². The quantitative estimate of drug-likeness (QED) is 0.466. The molecule has 0 unspecified atom stereocenters. The number of aromatic nitrogens is 3. The van der Waals surface area contributed by atoms with Crippen molar-refractivity contribution in [3.05, 3.63) is 86.2 Å². The molecule has 34 heavy (non-hydrogen) atoms. The van der Waals surface area contributed by atoms with Gasteiger partial charge in [0.2, 0.25) is 0 Å². The van der Waals surface area contributed by atoms with Crippen LogP contribution in [0.25, 0.3) is 22.2 Å². The Kier molecular flexibility index (Phi) is 5.06. The molecule has 0 amide bonds. The number of nitrogens with zero attached hydrogens (tertiary/aromatic N) is 3. The average Bonchev–Trinajstić information content (AvgIpc) is 3.20. The molecule has 0 saturated carbocycles. The Balaban J connectivity index is 1.96. The molecule has 7 heteroatoms. The average molecular weight is 460 g/mol. The summed E-state index contributed by atoms with van der Waals surface area (Å²) in [7, 11) is 4.88. The molecule has 0 fully saturated rings.